The smallest absolute Gasteiger partial charge is 0.234 e. The first-order valence-electron chi connectivity index (χ1n) is 5.83. The Hall–Kier alpha value is -2.13. The monoisotopic (exact) mass is 242 g/mol. The molecule has 1 amide bonds. The van der Waals surface area contributed by atoms with Gasteiger partial charge in [-0.25, -0.2) is 0 Å². The molecule has 0 atom stereocenters. The van der Waals surface area contributed by atoms with Crippen LogP contribution in [-0.4, -0.2) is 19.0 Å². The van der Waals surface area contributed by atoms with E-state index in [4.69, 9.17) is 5.73 Å². The zero-order valence-corrected chi connectivity index (χ0v) is 10.3. The molecule has 0 spiro atoms. The Balaban J connectivity index is 2.69. The average Bonchev–Trinajstić information content (AvgIpc) is 2.37. The fourth-order valence-electron chi connectivity index (χ4n) is 1.25. The lowest BCUT2D eigenvalue weighted by atomic mass is 10.2. The summed E-state index contributed by atoms with van der Waals surface area (Å²) in [4.78, 5) is 11.1. The normalized spacial score (nSPS) is 21.9. The summed E-state index contributed by atoms with van der Waals surface area (Å²) in [7, 11) is 0. The second-order valence-electron chi connectivity index (χ2n) is 3.62. The van der Waals surface area contributed by atoms with E-state index < -0.39 is 0 Å². The Morgan fingerprint density at radius 1 is 0.944 bits per heavy atom. The van der Waals surface area contributed by atoms with Gasteiger partial charge in [0, 0.05) is 6.54 Å². The van der Waals surface area contributed by atoms with E-state index in [9.17, 15) is 4.79 Å². The summed E-state index contributed by atoms with van der Waals surface area (Å²) in [6.45, 7) is 0.491. The maximum atomic E-state index is 11.1. The second kappa shape index (κ2) is 8.96. The van der Waals surface area contributed by atoms with E-state index in [1.54, 1.807) is 0 Å². The minimum atomic E-state index is -0.155. The van der Waals surface area contributed by atoms with Crippen LogP contribution < -0.4 is 11.1 Å². The molecule has 1 aliphatic carbocycles. The minimum absolute atomic E-state index is 0.0142. The summed E-state index contributed by atoms with van der Waals surface area (Å²) in [5.74, 6) is -0.155. The molecule has 0 aromatic carbocycles. The predicted molar refractivity (Wildman–Crippen MR) is 75.8 cm³/mol. The Labute approximate surface area is 108 Å². The van der Waals surface area contributed by atoms with Crippen LogP contribution in [0.4, 0.5) is 0 Å². The average molecular weight is 242 g/mol. The molecule has 0 aromatic rings. The van der Waals surface area contributed by atoms with E-state index >= 15 is 0 Å². The maximum absolute atomic E-state index is 11.1. The van der Waals surface area contributed by atoms with Crippen LogP contribution in [0.3, 0.4) is 0 Å². The van der Waals surface area contributed by atoms with Gasteiger partial charge in [0.1, 0.15) is 0 Å². The predicted octanol–water partition coefficient (Wildman–Crippen LogP) is 1.78. The summed E-state index contributed by atoms with van der Waals surface area (Å²) in [6, 6.07) is 0. The van der Waals surface area contributed by atoms with Gasteiger partial charge >= 0.3 is 0 Å². The number of hydrogen-bond donors (Lipinski definition) is 2. The summed E-state index contributed by atoms with van der Waals surface area (Å²) in [6.07, 6.45) is 21.4. The second-order valence-corrected chi connectivity index (χ2v) is 3.62. The van der Waals surface area contributed by atoms with Gasteiger partial charge in [0.15, 0.2) is 0 Å². The van der Waals surface area contributed by atoms with Crippen molar-refractivity contribution in [2.24, 2.45) is 5.73 Å². The summed E-state index contributed by atoms with van der Waals surface area (Å²) >= 11 is 0. The third-order valence-corrected chi connectivity index (χ3v) is 2.18. The maximum Gasteiger partial charge on any atom is 0.234 e. The lowest BCUT2D eigenvalue weighted by Crippen LogP contribution is -2.31. The highest BCUT2D eigenvalue weighted by atomic mass is 16.1. The number of allylic oxidation sites excluding steroid dienone is 10. The number of nitrogens with one attached hydrogen (secondary N) is 1. The SMILES string of the molecule is NCC(=O)NCC1=C\C=C/C=C\C=C/C=C\C=C1. The van der Waals surface area contributed by atoms with Gasteiger partial charge in [-0.3, -0.25) is 4.79 Å². The van der Waals surface area contributed by atoms with Crippen molar-refractivity contribution in [3.05, 3.63) is 72.4 Å². The van der Waals surface area contributed by atoms with Gasteiger partial charge in [0.05, 0.1) is 6.54 Å². The summed E-state index contributed by atoms with van der Waals surface area (Å²) in [5, 5.41) is 2.74. The molecule has 3 heteroatoms. The number of carbonyl (C=O) groups excluding carboxylic acids is 1. The Kier molecular flexibility index (Phi) is 6.93. The highest BCUT2D eigenvalue weighted by Gasteiger charge is 1.96. The molecule has 0 saturated carbocycles. The van der Waals surface area contributed by atoms with E-state index in [2.05, 4.69) is 5.32 Å². The highest BCUT2D eigenvalue weighted by molar-refractivity contribution is 5.78. The van der Waals surface area contributed by atoms with Crippen molar-refractivity contribution in [3.63, 3.8) is 0 Å². The Bertz CT molecular complexity index is 437. The van der Waals surface area contributed by atoms with E-state index in [1.807, 2.05) is 66.8 Å². The largest absolute Gasteiger partial charge is 0.351 e. The zero-order chi connectivity index (χ0) is 13.1. The molecule has 3 N–H and O–H groups in total. The third kappa shape index (κ3) is 6.45. The fourth-order valence-corrected chi connectivity index (χ4v) is 1.25. The molecular weight excluding hydrogens is 224 g/mol. The van der Waals surface area contributed by atoms with Crippen molar-refractivity contribution in [1.29, 1.82) is 0 Å². The molecule has 18 heavy (non-hydrogen) atoms. The van der Waals surface area contributed by atoms with Crippen molar-refractivity contribution in [1.82, 2.24) is 5.32 Å². The van der Waals surface area contributed by atoms with Gasteiger partial charge in [0.25, 0.3) is 0 Å². The molecule has 3 nitrogen and oxygen atoms in total. The van der Waals surface area contributed by atoms with E-state index in [0.717, 1.165) is 5.57 Å². The lowest BCUT2D eigenvalue weighted by molar-refractivity contribution is -0.119. The number of nitrogens with two attached hydrogens (primary N) is 1. The van der Waals surface area contributed by atoms with Gasteiger partial charge in [-0.1, -0.05) is 66.8 Å². The molecule has 0 radical (unpaired) electrons. The number of hydrogen-bond acceptors (Lipinski definition) is 2. The molecule has 0 aromatic heterocycles. The van der Waals surface area contributed by atoms with Gasteiger partial charge in [-0.2, -0.15) is 0 Å². The number of carbonyl (C=O) groups is 1. The van der Waals surface area contributed by atoms with Crippen molar-refractivity contribution in [2.45, 2.75) is 0 Å². The molecule has 0 saturated heterocycles. The molecular formula is C15H18N2O. The van der Waals surface area contributed by atoms with Crippen LogP contribution in [0.15, 0.2) is 72.4 Å². The van der Waals surface area contributed by atoms with Crippen molar-refractivity contribution in [3.8, 4) is 0 Å². The number of rotatable bonds is 3. The fraction of sp³-hybridized carbons (Fsp3) is 0.133. The molecule has 0 bridgehead atoms. The quantitative estimate of drug-likeness (QED) is 0.792. The summed E-state index contributed by atoms with van der Waals surface area (Å²) < 4.78 is 0. The first-order chi connectivity index (χ1) is 8.83. The zero-order valence-electron chi connectivity index (χ0n) is 10.3. The van der Waals surface area contributed by atoms with Crippen LogP contribution in [-0.2, 0) is 4.79 Å². The van der Waals surface area contributed by atoms with Crippen molar-refractivity contribution >= 4 is 5.91 Å². The lowest BCUT2D eigenvalue weighted by Gasteiger charge is -2.03. The highest BCUT2D eigenvalue weighted by Crippen LogP contribution is 1.98. The number of amides is 1. The van der Waals surface area contributed by atoms with Crippen LogP contribution >= 0.6 is 0 Å². The van der Waals surface area contributed by atoms with Gasteiger partial charge < -0.3 is 11.1 Å². The molecule has 0 fully saturated rings. The first-order valence-corrected chi connectivity index (χ1v) is 5.83. The van der Waals surface area contributed by atoms with Crippen LogP contribution in [0.25, 0.3) is 0 Å². The Morgan fingerprint density at radius 3 is 2.11 bits per heavy atom. The Morgan fingerprint density at radius 2 is 1.50 bits per heavy atom. The van der Waals surface area contributed by atoms with Gasteiger partial charge in [-0.05, 0) is 5.57 Å². The van der Waals surface area contributed by atoms with Crippen LogP contribution in [0.2, 0.25) is 0 Å². The molecule has 0 aliphatic heterocycles. The molecule has 0 heterocycles. The van der Waals surface area contributed by atoms with E-state index in [0.29, 0.717) is 6.54 Å². The minimum Gasteiger partial charge on any atom is -0.351 e. The van der Waals surface area contributed by atoms with Crippen LogP contribution in [0.5, 0.6) is 0 Å². The van der Waals surface area contributed by atoms with Gasteiger partial charge in [-0.15, -0.1) is 0 Å². The topological polar surface area (TPSA) is 55.1 Å². The van der Waals surface area contributed by atoms with Crippen molar-refractivity contribution < 1.29 is 4.79 Å². The molecule has 1 rings (SSSR count). The molecule has 94 valence electrons. The molecule has 1 aliphatic rings. The standard InChI is InChI=1S/C15H18N2O/c16-12-15(18)17-13-14-10-8-6-4-2-1-3-5-7-9-11-14/h1-11H,12-13,16H2,(H,17,18)/b2-1-,3-1?,4-2?,5-3-,6-4-,7-5?,8-6?,9-7-,10-8?,11-9?,14-10?,14-11?. The van der Waals surface area contributed by atoms with Crippen LogP contribution in [0.1, 0.15) is 0 Å². The van der Waals surface area contributed by atoms with Crippen LogP contribution in [0, 0.1) is 0 Å². The third-order valence-electron chi connectivity index (χ3n) is 2.18. The first kappa shape index (κ1) is 13.9. The van der Waals surface area contributed by atoms with Crippen molar-refractivity contribution in [2.75, 3.05) is 13.1 Å². The summed E-state index contributed by atoms with van der Waals surface area (Å²) in [5.41, 5.74) is 6.25. The molecule has 0 unspecified atom stereocenters. The van der Waals surface area contributed by atoms with Gasteiger partial charge in [0.2, 0.25) is 5.91 Å². The van der Waals surface area contributed by atoms with E-state index in [-0.39, 0.29) is 12.5 Å². The van der Waals surface area contributed by atoms with E-state index in [1.165, 1.54) is 0 Å².